The van der Waals surface area contributed by atoms with E-state index in [-0.39, 0.29) is 34.2 Å². The molecule has 12 heteroatoms. The molecule has 8 nitrogen and oxygen atoms in total. The number of nitrogens with one attached hydrogen (secondary N) is 1. The van der Waals surface area contributed by atoms with E-state index in [4.69, 9.17) is 23.8 Å². The molecule has 0 amide bonds. The zero-order valence-electron chi connectivity index (χ0n) is 17.2. The van der Waals surface area contributed by atoms with Gasteiger partial charge in [0.2, 0.25) is 11.2 Å². The third-order valence-corrected chi connectivity index (χ3v) is 4.56. The fourth-order valence-electron chi connectivity index (χ4n) is 2.93. The molecule has 2 heterocycles. The maximum Gasteiger partial charge on any atom is 0.490 e. The quantitative estimate of drug-likeness (QED) is 0.325. The third kappa shape index (κ3) is 6.32. The molecule has 0 spiro atoms. The molecule has 0 unspecified atom stereocenters. The van der Waals surface area contributed by atoms with Crippen LogP contribution in [-0.2, 0) is 9.59 Å². The average Bonchev–Trinajstić information content (AvgIpc) is 3.32. The van der Waals surface area contributed by atoms with Gasteiger partial charge in [-0.15, -0.1) is 0 Å². The molecule has 1 atom stereocenters. The number of hydrogen-bond acceptors (Lipinski definition) is 7. The largest absolute Gasteiger partial charge is 0.490 e. The van der Waals surface area contributed by atoms with E-state index in [0.717, 1.165) is 19.4 Å². The van der Waals surface area contributed by atoms with Crippen molar-refractivity contribution in [2.45, 2.75) is 25.1 Å². The summed E-state index contributed by atoms with van der Waals surface area (Å²) in [5.41, 5.74) is -0.105. The maximum atomic E-state index is 13.0. The summed E-state index contributed by atoms with van der Waals surface area (Å²) in [7, 11) is 0. The highest BCUT2D eigenvalue weighted by Gasteiger charge is 2.38. The Labute approximate surface area is 188 Å². The van der Waals surface area contributed by atoms with Crippen molar-refractivity contribution in [3.8, 4) is 17.2 Å². The predicted molar refractivity (Wildman–Crippen MR) is 109 cm³/mol. The van der Waals surface area contributed by atoms with Crippen LogP contribution in [0.4, 0.5) is 17.6 Å². The zero-order chi connectivity index (χ0) is 24.9. The number of aliphatic carboxylic acids is 1. The Morgan fingerprint density at radius 3 is 2.32 bits per heavy atom. The van der Waals surface area contributed by atoms with Crippen LogP contribution in [0.3, 0.4) is 0 Å². The van der Waals surface area contributed by atoms with Crippen molar-refractivity contribution in [3.63, 3.8) is 0 Å². The van der Waals surface area contributed by atoms with Crippen LogP contribution in [-0.4, -0.2) is 35.8 Å². The average molecular weight is 483 g/mol. The van der Waals surface area contributed by atoms with Crippen LogP contribution in [0.5, 0.6) is 17.2 Å². The molecular weight excluding hydrogens is 466 g/mol. The summed E-state index contributed by atoms with van der Waals surface area (Å²) in [6.07, 6.45) is -2.23. The highest BCUT2D eigenvalue weighted by atomic mass is 19.4. The van der Waals surface area contributed by atoms with Crippen LogP contribution in [0.1, 0.15) is 12.8 Å². The number of esters is 1. The first-order valence-electron chi connectivity index (χ1n) is 9.79. The molecule has 1 aromatic heterocycles. The molecule has 180 valence electrons. The van der Waals surface area contributed by atoms with Crippen molar-refractivity contribution < 1.29 is 46.1 Å². The van der Waals surface area contributed by atoms with Crippen LogP contribution in [0.2, 0.25) is 0 Å². The lowest BCUT2D eigenvalue weighted by Crippen LogP contribution is -2.34. The van der Waals surface area contributed by atoms with Crippen LogP contribution in [0.25, 0.3) is 11.0 Å². The smallest absolute Gasteiger partial charge is 0.475 e. The number of ether oxygens (including phenoxy) is 2. The fourth-order valence-corrected chi connectivity index (χ4v) is 2.93. The van der Waals surface area contributed by atoms with E-state index < -0.39 is 18.0 Å². The van der Waals surface area contributed by atoms with E-state index in [1.54, 1.807) is 0 Å². The Morgan fingerprint density at radius 1 is 1.09 bits per heavy atom. The number of carbonyl (C=O) groups excluding carboxylic acids is 1. The molecule has 0 saturated carbocycles. The Hall–Kier alpha value is -3.93. The SMILES string of the molecule is O=C(O)C(F)(F)F.O=C(Oc1ccc2c(=O)c(Oc3ccc(F)cc3)coc2c1)[C@@H]1CCCN1. The van der Waals surface area contributed by atoms with E-state index in [2.05, 4.69) is 5.32 Å². The minimum atomic E-state index is -5.08. The first-order chi connectivity index (χ1) is 16.0. The molecule has 4 rings (SSSR count). The van der Waals surface area contributed by atoms with Crippen molar-refractivity contribution in [1.82, 2.24) is 5.32 Å². The number of alkyl halides is 3. The number of rotatable bonds is 4. The van der Waals surface area contributed by atoms with E-state index >= 15 is 0 Å². The van der Waals surface area contributed by atoms with Crippen molar-refractivity contribution in [2.24, 2.45) is 0 Å². The molecule has 0 bridgehead atoms. The maximum absolute atomic E-state index is 13.0. The van der Waals surface area contributed by atoms with E-state index in [1.807, 2.05) is 0 Å². The summed E-state index contributed by atoms with van der Waals surface area (Å²) in [5, 5.41) is 10.5. The van der Waals surface area contributed by atoms with E-state index in [1.165, 1.54) is 48.7 Å². The fraction of sp³-hybridized carbons (Fsp3) is 0.227. The van der Waals surface area contributed by atoms with Crippen LogP contribution < -0.4 is 20.2 Å². The Balaban J connectivity index is 0.000000406. The van der Waals surface area contributed by atoms with Gasteiger partial charge < -0.3 is 24.3 Å². The standard InChI is InChI=1S/C20H16FNO5.C2HF3O2/c21-12-3-5-13(6-4-12)26-18-11-25-17-10-14(7-8-15(17)19(18)23)27-20(24)16-2-1-9-22-16;3-2(4,5)1(6)7/h3-8,10-11,16,22H,1-2,9H2;(H,6,7)/t16-;/m0./s1. The number of fused-ring (bicyclic) bond motifs is 1. The first-order valence-corrected chi connectivity index (χ1v) is 9.79. The number of carbonyl (C=O) groups is 2. The molecule has 3 aromatic rings. The zero-order valence-corrected chi connectivity index (χ0v) is 17.2. The van der Waals surface area contributed by atoms with Crippen molar-refractivity contribution in [3.05, 3.63) is 64.8 Å². The van der Waals surface area contributed by atoms with Crippen molar-refractivity contribution >= 4 is 22.9 Å². The number of carboxylic acids is 1. The second-order valence-corrected chi connectivity index (χ2v) is 7.02. The normalized spacial score (nSPS) is 15.4. The van der Waals surface area contributed by atoms with Crippen LogP contribution >= 0.6 is 0 Å². The molecular formula is C22H17F4NO7. The number of benzene rings is 2. The van der Waals surface area contributed by atoms with Crippen molar-refractivity contribution in [1.29, 1.82) is 0 Å². The highest BCUT2D eigenvalue weighted by Crippen LogP contribution is 2.24. The van der Waals surface area contributed by atoms with Gasteiger partial charge in [0, 0.05) is 6.07 Å². The van der Waals surface area contributed by atoms with Gasteiger partial charge in [-0.05, 0) is 55.8 Å². The van der Waals surface area contributed by atoms with E-state index in [0.29, 0.717) is 11.5 Å². The number of hydrogen-bond donors (Lipinski definition) is 2. The predicted octanol–water partition coefficient (Wildman–Crippen LogP) is 4.02. The summed E-state index contributed by atoms with van der Waals surface area (Å²) in [4.78, 5) is 33.5. The minimum Gasteiger partial charge on any atom is -0.475 e. The number of halogens is 4. The molecule has 0 radical (unpaired) electrons. The first kappa shape index (κ1) is 24.7. The molecule has 34 heavy (non-hydrogen) atoms. The molecule has 2 N–H and O–H groups in total. The summed E-state index contributed by atoms with van der Waals surface area (Å²) in [6.45, 7) is 0.795. The van der Waals surface area contributed by atoms with Gasteiger partial charge in [0.25, 0.3) is 0 Å². The van der Waals surface area contributed by atoms with Gasteiger partial charge in [-0.25, -0.2) is 14.0 Å². The van der Waals surface area contributed by atoms with Gasteiger partial charge in [-0.3, -0.25) is 4.79 Å². The molecule has 1 aliphatic heterocycles. The second kappa shape index (κ2) is 10.3. The Bertz CT molecular complexity index is 1230. The number of carboxylic acid groups (broad SMARTS) is 1. The van der Waals surface area contributed by atoms with Gasteiger partial charge in [0.1, 0.15) is 35.2 Å². The molecule has 0 aliphatic carbocycles. The van der Waals surface area contributed by atoms with Crippen LogP contribution in [0, 0.1) is 5.82 Å². The molecule has 2 aromatic carbocycles. The Kier molecular flexibility index (Phi) is 7.51. The summed E-state index contributed by atoms with van der Waals surface area (Å²) < 4.78 is 61.0. The molecule has 1 saturated heterocycles. The van der Waals surface area contributed by atoms with E-state index in [9.17, 15) is 27.2 Å². The molecule has 1 aliphatic rings. The summed E-state index contributed by atoms with van der Waals surface area (Å²) in [6, 6.07) is 9.54. The van der Waals surface area contributed by atoms with Gasteiger partial charge in [-0.1, -0.05) is 0 Å². The van der Waals surface area contributed by atoms with Gasteiger partial charge in [0.05, 0.1) is 5.39 Å². The highest BCUT2D eigenvalue weighted by molar-refractivity contribution is 5.82. The Morgan fingerprint density at radius 2 is 1.74 bits per heavy atom. The van der Waals surface area contributed by atoms with Gasteiger partial charge >= 0.3 is 18.1 Å². The third-order valence-electron chi connectivity index (χ3n) is 4.56. The summed E-state index contributed by atoms with van der Waals surface area (Å²) >= 11 is 0. The molecule has 1 fully saturated rings. The van der Waals surface area contributed by atoms with Crippen LogP contribution in [0.15, 0.2) is 57.9 Å². The van der Waals surface area contributed by atoms with Gasteiger partial charge in [0.15, 0.2) is 0 Å². The lowest BCUT2D eigenvalue weighted by Gasteiger charge is -2.10. The van der Waals surface area contributed by atoms with Gasteiger partial charge in [-0.2, -0.15) is 13.2 Å². The second-order valence-electron chi connectivity index (χ2n) is 7.02. The monoisotopic (exact) mass is 483 g/mol. The minimum absolute atomic E-state index is 0.0194. The summed E-state index contributed by atoms with van der Waals surface area (Å²) in [5.74, 6) is -2.91. The van der Waals surface area contributed by atoms with Crippen molar-refractivity contribution in [2.75, 3.05) is 6.54 Å². The lowest BCUT2D eigenvalue weighted by atomic mass is 10.2. The topological polar surface area (TPSA) is 115 Å². The lowest BCUT2D eigenvalue weighted by molar-refractivity contribution is -0.192.